The summed E-state index contributed by atoms with van der Waals surface area (Å²) in [5, 5.41) is 0.948. The zero-order valence-corrected chi connectivity index (χ0v) is 17.5. The lowest BCUT2D eigenvalue weighted by Crippen LogP contribution is -2.41. The van der Waals surface area contributed by atoms with E-state index in [1.807, 2.05) is 66.7 Å². The minimum absolute atomic E-state index is 0.00420. The van der Waals surface area contributed by atoms with Gasteiger partial charge in [-0.15, -0.1) is 0 Å². The molecule has 0 bridgehead atoms. The minimum atomic E-state index is -0.150. The molecular weight excluding hydrogens is 368 g/mol. The molecular formula is C23H30N2O4. The Kier molecular flexibility index (Phi) is 6.96. The molecule has 0 N–H and O–H groups in total. The largest absolute Gasteiger partial charge is 0.493 e. The minimum Gasteiger partial charge on any atom is -0.493 e. The molecule has 0 radical (unpaired) electrons. The lowest BCUT2D eigenvalue weighted by atomic mass is 9.97. The number of nitrogens with zero attached hydrogens (tertiary/aromatic N) is 2. The average molecular weight is 399 g/mol. The van der Waals surface area contributed by atoms with Crippen LogP contribution in [0.2, 0.25) is 0 Å². The number of esters is 1. The molecule has 0 saturated carbocycles. The van der Waals surface area contributed by atoms with E-state index in [0.717, 1.165) is 16.7 Å². The zero-order chi connectivity index (χ0) is 20.8. The maximum absolute atomic E-state index is 13.3. The fraction of sp³-hybridized carbons (Fsp3) is 0.478. The van der Waals surface area contributed by atoms with Crippen molar-refractivity contribution in [1.29, 1.82) is 0 Å². The molecule has 2 heterocycles. The number of carbonyl (C=O) groups excluding carboxylic acids is 2. The first-order chi connectivity index (χ1) is 14.1. The number of benzene rings is 1. The van der Waals surface area contributed by atoms with Crippen LogP contribution < -0.4 is 4.74 Å². The molecule has 6 nitrogen and oxygen atoms in total. The lowest BCUT2D eigenvalue weighted by molar-refractivity contribution is -0.149. The molecule has 1 amide bonds. The van der Waals surface area contributed by atoms with Gasteiger partial charge in [0.2, 0.25) is 0 Å². The number of allylic oxidation sites excluding steroid dienone is 2. The second-order valence-corrected chi connectivity index (χ2v) is 7.15. The Hall–Kier alpha value is -2.76. The van der Waals surface area contributed by atoms with E-state index in [1.54, 1.807) is 0 Å². The highest BCUT2D eigenvalue weighted by Crippen LogP contribution is 2.30. The highest BCUT2D eigenvalue weighted by Gasteiger charge is 2.30. The van der Waals surface area contributed by atoms with Gasteiger partial charge < -0.3 is 18.9 Å². The Bertz CT molecular complexity index is 892. The average Bonchev–Trinajstić information content (AvgIpc) is 3.11. The monoisotopic (exact) mass is 398 g/mol. The predicted octanol–water partition coefficient (Wildman–Crippen LogP) is 4.03. The smallest absolute Gasteiger partial charge is 0.309 e. The van der Waals surface area contributed by atoms with Crippen LogP contribution in [0.3, 0.4) is 0 Å². The number of likely N-dealkylation sites (tertiary alicyclic amines) is 1. The molecule has 0 aliphatic carbocycles. The SMILES string of the molecule is C/C=C\Cn1c(C(=O)N2CCC(C(=O)OCC)CC2)cc2c(OCC)cccc21. The lowest BCUT2D eigenvalue weighted by Gasteiger charge is -2.31. The number of hydrogen-bond acceptors (Lipinski definition) is 4. The third kappa shape index (κ3) is 4.47. The quantitative estimate of drug-likeness (QED) is 0.522. The van der Waals surface area contributed by atoms with Crippen LogP contribution in [0.4, 0.5) is 0 Å². The standard InChI is InChI=1S/C23H30N2O4/c1-4-7-13-25-19-9-8-10-21(28-5-2)18(19)16-20(25)22(26)24-14-11-17(12-15-24)23(27)29-6-3/h4,7-10,16-17H,5-6,11-15H2,1-3H3/b7-4-. The molecule has 0 atom stereocenters. The van der Waals surface area contributed by atoms with Crippen LogP contribution in [0.5, 0.6) is 5.75 Å². The van der Waals surface area contributed by atoms with Crippen molar-refractivity contribution in [3.05, 3.63) is 42.1 Å². The van der Waals surface area contributed by atoms with Crippen LogP contribution in [0, 0.1) is 5.92 Å². The third-order valence-corrected chi connectivity index (χ3v) is 5.35. The van der Waals surface area contributed by atoms with Crippen molar-refractivity contribution < 1.29 is 19.1 Å². The fourth-order valence-electron chi connectivity index (χ4n) is 3.86. The highest BCUT2D eigenvalue weighted by atomic mass is 16.5. The molecule has 0 unspecified atom stereocenters. The van der Waals surface area contributed by atoms with Gasteiger partial charge in [-0.25, -0.2) is 0 Å². The van der Waals surface area contributed by atoms with Crippen LogP contribution in [0.25, 0.3) is 10.9 Å². The van der Waals surface area contributed by atoms with Gasteiger partial charge in [-0.05, 0) is 51.8 Å². The molecule has 29 heavy (non-hydrogen) atoms. The van der Waals surface area contributed by atoms with Gasteiger partial charge >= 0.3 is 5.97 Å². The topological polar surface area (TPSA) is 60.8 Å². The summed E-state index contributed by atoms with van der Waals surface area (Å²) < 4.78 is 12.9. The normalized spacial score (nSPS) is 15.2. The molecule has 1 aromatic heterocycles. The van der Waals surface area contributed by atoms with Crippen LogP contribution in [-0.4, -0.2) is 47.6 Å². The van der Waals surface area contributed by atoms with E-state index in [9.17, 15) is 9.59 Å². The Morgan fingerprint density at radius 1 is 1.17 bits per heavy atom. The summed E-state index contributed by atoms with van der Waals surface area (Å²) in [5.74, 6) is 0.523. The van der Waals surface area contributed by atoms with Crippen molar-refractivity contribution in [3.8, 4) is 5.75 Å². The number of ether oxygens (including phenoxy) is 2. The molecule has 3 rings (SSSR count). The Morgan fingerprint density at radius 3 is 2.59 bits per heavy atom. The van der Waals surface area contributed by atoms with E-state index in [4.69, 9.17) is 9.47 Å². The van der Waals surface area contributed by atoms with Gasteiger partial charge in [0.15, 0.2) is 0 Å². The second kappa shape index (κ2) is 9.63. The van der Waals surface area contributed by atoms with Gasteiger partial charge in [0.1, 0.15) is 11.4 Å². The third-order valence-electron chi connectivity index (χ3n) is 5.35. The molecule has 1 fully saturated rings. The van der Waals surface area contributed by atoms with Gasteiger partial charge in [0.25, 0.3) is 5.91 Å². The number of fused-ring (bicyclic) bond motifs is 1. The fourth-order valence-corrected chi connectivity index (χ4v) is 3.86. The van der Waals surface area contributed by atoms with Gasteiger partial charge in [0.05, 0.1) is 24.6 Å². The van der Waals surface area contributed by atoms with Crippen molar-refractivity contribution in [2.75, 3.05) is 26.3 Å². The molecule has 2 aromatic rings. The van der Waals surface area contributed by atoms with Crippen LogP contribution in [0.1, 0.15) is 44.1 Å². The maximum atomic E-state index is 13.3. The van der Waals surface area contributed by atoms with Crippen molar-refractivity contribution >= 4 is 22.8 Å². The number of hydrogen-bond donors (Lipinski definition) is 0. The number of carbonyl (C=O) groups is 2. The van der Waals surface area contributed by atoms with Gasteiger partial charge in [-0.1, -0.05) is 18.2 Å². The number of rotatable bonds is 7. The highest BCUT2D eigenvalue weighted by molar-refractivity contribution is 6.00. The second-order valence-electron chi connectivity index (χ2n) is 7.15. The molecule has 1 aliphatic rings. The number of aromatic nitrogens is 1. The summed E-state index contributed by atoms with van der Waals surface area (Å²) in [6.45, 7) is 8.45. The molecule has 6 heteroatoms. The predicted molar refractivity (Wildman–Crippen MR) is 113 cm³/mol. The van der Waals surface area contributed by atoms with E-state index in [0.29, 0.717) is 51.4 Å². The van der Waals surface area contributed by atoms with Gasteiger partial charge in [0, 0.05) is 25.0 Å². The zero-order valence-electron chi connectivity index (χ0n) is 17.5. The van der Waals surface area contributed by atoms with E-state index < -0.39 is 0 Å². The first-order valence-corrected chi connectivity index (χ1v) is 10.4. The van der Waals surface area contributed by atoms with E-state index in [2.05, 4.69) is 0 Å². The Labute approximate surface area is 172 Å². The summed E-state index contributed by atoms with van der Waals surface area (Å²) in [6.07, 6.45) is 5.31. The molecule has 0 spiro atoms. The van der Waals surface area contributed by atoms with E-state index in [-0.39, 0.29) is 17.8 Å². The van der Waals surface area contributed by atoms with Gasteiger partial charge in [-0.3, -0.25) is 9.59 Å². The van der Waals surface area contributed by atoms with Crippen molar-refractivity contribution in [3.63, 3.8) is 0 Å². The molecule has 1 aliphatic heterocycles. The Morgan fingerprint density at radius 2 is 1.93 bits per heavy atom. The summed E-state index contributed by atoms with van der Waals surface area (Å²) in [5.41, 5.74) is 1.64. The maximum Gasteiger partial charge on any atom is 0.309 e. The molecule has 1 saturated heterocycles. The molecule has 156 valence electrons. The van der Waals surface area contributed by atoms with E-state index in [1.165, 1.54) is 0 Å². The summed E-state index contributed by atoms with van der Waals surface area (Å²) in [7, 11) is 0. The summed E-state index contributed by atoms with van der Waals surface area (Å²) >= 11 is 0. The van der Waals surface area contributed by atoms with Crippen molar-refractivity contribution in [2.24, 2.45) is 5.92 Å². The van der Waals surface area contributed by atoms with E-state index >= 15 is 0 Å². The summed E-state index contributed by atoms with van der Waals surface area (Å²) in [6, 6.07) is 7.85. The number of amides is 1. The van der Waals surface area contributed by atoms with Crippen molar-refractivity contribution in [2.45, 2.75) is 40.2 Å². The van der Waals surface area contributed by atoms with Crippen LogP contribution in [0.15, 0.2) is 36.4 Å². The Balaban J connectivity index is 1.87. The van der Waals surface area contributed by atoms with Gasteiger partial charge in [-0.2, -0.15) is 0 Å². The first-order valence-electron chi connectivity index (χ1n) is 10.4. The first kappa shape index (κ1) is 21.0. The number of piperidine rings is 1. The molecule has 1 aromatic carbocycles. The summed E-state index contributed by atoms with van der Waals surface area (Å²) in [4.78, 5) is 27.2. The van der Waals surface area contributed by atoms with Crippen LogP contribution in [-0.2, 0) is 16.1 Å². The van der Waals surface area contributed by atoms with Crippen molar-refractivity contribution in [1.82, 2.24) is 9.47 Å². The van der Waals surface area contributed by atoms with Crippen LogP contribution >= 0.6 is 0 Å².